The van der Waals surface area contributed by atoms with E-state index >= 15 is 0 Å². The number of fused-ring (bicyclic) bond motifs is 1. The van der Waals surface area contributed by atoms with E-state index in [-0.39, 0.29) is 17.8 Å². The molecule has 0 aromatic heterocycles. The molecule has 0 spiro atoms. The van der Waals surface area contributed by atoms with Gasteiger partial charge in [0.25, 0.3) is 0 Å². The minimum absolute atomic E-state index is 0.0816. The Morgan fingerprint density at radius 1 is 1.29 bits per heavy atom. The topological polar surface area (TPSA) is 41.1 Å². The zero-order chi connectivity index (χ0) is 16.9. The van der Waals surface area contributed by atoms with E-state index in [1.54, 1.807) is 18.2 Å². The van der Waals surface area contributed by atoms with Crippen LogP contribution in [0.5, 0.6) is 0 Å². The molecule has 1 aliphatic rings. The fraction of sp³-hybridized carbons (Fsp3) is 0.250. The fourth-order valence-corrected chi connectivity index (χ4v) is 2.89. The maximum atomic E-state index is 13.1. The third kappa shape index (κ3) is 4.02. The summed E-state index contributed by atoms with van der Waals surface area (Å²) in [5.41, 5.74) is 4.24. The average molecular weight is 324 g/mol. The molecule has 3 rings (SSSR count). The Balaban J connectivity index is 1.63. The van der Waals surface area contributed by atoms with E-state index in [4.69, 9.17) is 0 Å². The third-order valence-corrected chi connectivity index (χ3v) is 4.20. The number of aryl methyl sites for hydroxylation is 1. The summed E-state index contributed by atoms with van der Waals surface area (Å²) in [7, 11) is 0. The summed E-state index contributed by atoms with van der Waals surface area (Å²) in [6.45, 7) is 2.98. The Morgan fingerprint density at radius 2 is 2.17 bits per heavy atom. The van der Waals surface area contributed by atoms with Crippen molar-refractivity contribution in [3.63, 3.8) is 0 Å². The summed E-state index contributed by atoms with van der Waals surface area (Å²) in [4.78, 5) is 12.1. The van der Waals surface area contributed by atoms with Crippen molar-refractivity contribution in [1.29, 1.82) is 0 Å². The highest BCUT2D eigenvalue weighted by Crippen LogP contribution is 2.25. The molecule has 0 aliphatic carbocycles. The van der Waals surface area contributed by atoms with Crippen molar-refractivity contribution >= 4 is 17.7 Å². The first kappa shape index (κ1) is 16.2. The van der Waals surface area contributed by atoms with E-state index in [2.05, 4.69) is 22.8 Å². The van der Waals surface area contributed by atoms with Gasteiger partial charge < -0.3 is 10.6 Å². The molecule has 1 unspecified atom stereocenters. The summed E-state index contributed by atoms with van der Waals surface area (Å²) in [5.74, 6) is -0.504. The van der Waals surface area contributed by atoms with Gasteiger partial charge in [-0.3, -0.25) is 4.79 Å². The van der Waals surface area contributed by atoms with Crippen LogP contribution in [0.2, 0.25) is 0 Å². The van der Waals surface area contributed by atoms with Crippen molar-refractivity contribution in [2.24, 2.45) is 0 Å². The molecule has 0 fully saturated rings. The molecule has 1 heterocycles. The predicted molar refractivity (Wildman–Crippen MR) is 95.2 cm³/mol. The molecule has 24 heavy (non-hydrogen) atoms. The Kier molecular flexibility index (Phi) is 4.94. The second kappa shape index (κ2) is 7.30. The molecule has 1 aliphatic heterocycles. The van der Waals surface area contributed by atoms with E-state index in [0.29, 0.717) is 5.56 Å². The smallest absolute Gasteiger partial charge is 0.244 e. The van der Waals surface area contributed by atoms with Crippen LogP contribution in [-0.2, 0) is 11.2 Å². The van der Waals surface area contributed by atoms with E-state index in [1.165, 1.54) is 29.5 Å². The number of anilines is 1. The van der Waals surface area contributed by atoms with Crippen LogP contribution in [0.4, 0.5) is 10.1 Å². The molecule has 124 valence electrons. The highest BCUT2D eigenvalue weighted by atomic mass is 19.1. The van der Waals surface area contributed by atoms with Gasteiger partial charge in [-0.25, -0.2) is 4.39 Å². The summed E-state index contributed by atoms with van der Waals surface area (Å²) in [6, 6.07) is 12.3. The average Bonchev–Trinajstić information content (AvgIpc) is 2.59. The van der Waals surface area contributed by atoms with Gasteiger partial charge in [0.1, 0.15) is 5.82 Å². The fourth-order valence-electron chi connectivity index (χ4n) is 2.89. The van der Waals surface area contributed by atoms with Crippen LogP contribution in [0.3, 0.4) is 0 Å². The zero-order valence-electron chi connectivity index (χ0n) is 13.7. The molecule has 2 aromatic rings. The van der Waals surface area contributed by atoms with E-state index in [9.17, 15) is 9.18 Å². The Morgan fingerprint density at radius 3 is 3.00 bits per heavy atom. The van der Waals surface area contributed by atoms with Crippen molar-refractivity contribution in [3.8, 4) is 0 Å². The van der Waals surface area contributed by atoms with Crippen molar-refractivity contribution < 1.29 is 9.18 Å². The molecule has 2 N–H and O–H groups in total. The Bertz CT molecular complexity index is 770. The normalized spacial score (nSPS) is 14.8. The van der Waals surface area contributed by atoms with Crippen molar-refractivity contribution in [3.05, 3.63) is 71.0 Å². The number of hydrogen-bond acceptors (Lipinski definition) is 2. The van der Waals surface area contributed by atoms with Gasteiger partial charge in [0.15, 0.2) is 0 Å². The van der Waals surface area contributed by atoms with Crippen LogP contribution in [-0.4, -0.2) is 12.5 Å². The SMILES string of the molecule is CC(NC(=O)C=Cc1cccc(F)c1)c1ccc2c(c1)CCCN2. The van der Waals surface area contributed by atoms with Gasteiger partial charge >= 0.3 is 0 Å². The van der Waals surface area contributed by atoms with Crippen molar-refractivity contribution in [2.75, 3.05) is 11.9 Å². The molecular weight excluding hydrogens is 303 g/mol. The Hall–Kier alpha value is -2.62. The number of benzene rings is 2. The lowest BCUT2D eigenvalue weighted by Gasteiger charge is -2.21. The maximum absolute atomic E-state index is 13.1. The summed E-state index contributed by atoms with van der Waals surface area (Å²) in [6.07, 6.45) is 5.25. The number of halogens is 1. The quantitative estimate of drug-likeness (QED) is 0.832. The Labute approximate surface area is 141 Å². The molecule has 0 saturated heterocycles. The van der Waals surface area contributed by atoms with Gasteiger partial charge in [-0.05, 0) is 60.7 Å². The first-order valence-corrected chi connectivity index (χ1v) is 8.22. The second-order valence-corrected chi connectivity index (χ2v) is 6.07. The molecule has 0 bridgehead atoms. The lowest BCUT2D eigenvalue weighted by atomic mass is 9.98. The number of nitrogens with one attached hydrogen (secondary N) is 2. The molecule has 0 saturated carbocycles. The minimum atomic E-state index is -0.311. The lowest BCUT2D eigenvalue weighted by Crippen LogP contribution is -2.25. The molecular formula is C20H21FN2O. The second-order valence-electron chi connectivity index (χ2n) is 6.07. The van der Waals surface area contributed by atoms with Crippen LogP contribution in [0.1, 0.15) is 36.1 Å². The van der Waals surface area contributed by atoms with Crippen LogP contribution in [0.25, 0.3) is 6.08 Å². The largest absolute Gasteiger partial charge is 0.385 e. The van der Waals surface area contributed by atoms with Gasteiger partial charge in [0, 0.05) is 18.3 Å². The zero-order valence-corrected chi connectivity index (χ0v) is 13.7. The highest BCUT2D eigenvalue weighted by Gasteiger charge is 2.13. The molecule has 1 amide bonds. The first-order chi connectivity index (χ1) is 11.6. The van der Waals surface area contributed by atoms with Gasteiger partial charge in [-0.2, -0.15) is 0 Å². The summed E-state index contributed by atoms with van der Waals surface area (Å²) >= 11 is 0. The van der Waals surface area contributed by atoms with Crippen LogP contribution < -0.4 is 10.6 Å². The highest BCUT2D eigenvalue weighted by molar-refractivity contribution is 5.92. The summed E-state index contributed by atoms with van der Waals surface area (Å²) in [5, 5.41) is 6.33. The van der Waals surface area contributed by atoms with E-state index in [1.807, 2.05) is 13.0 Å². The van der Waals surface area contributed by atoms with E-state index < -0.39 is 0 Å². The minimum Gasteiger partial charge on any atom is -0.385 e. The molecule has 0 radical (unpaired) electrons. The van der Waals surface area contributed by atoms with Gasteiger partial charge in [0.2, 0.25) is 5.91 Å². The first-order valence-electron chi connectivity index (χ1n) is 8.22. The molecule has 4 heteroatoms. The molecule has 1 atom stereocenters. The molecule has 2 aromatic carbocycles. The van der Waals surface area contributed by atoms with Crippen LogP contribution in [0.15, 0.2) is 48.5 Å². The standard InChI is InChI=1S/C20H21FN2O/c1-14(16-8-9-19-17(13-16)5-3-11-22-19)23-20(24)10-7-15-4-2-6-18(21)12-15/h2,4,6-10,12-14,22H,3,5,11H2,1H3,(H,23,24). The number of hydrogen-bond donors (Lipinski definition) is 2. The predicted octanol–water partition coefficient (Wildman–Crippen LogP) is 4.07. The number of amides is 1. The van der Waals surface area contributed by atoms with Crippen molar-refractivity contribution in [1.82, 2.24) is 5.32 Å². The lowest BCUT2D eigenvalue weighted by molar-refractivity contribution is -0.117. The number of carbonyl (C=O) groups excluding carboxylic acids is 1. The monoisotopic (exact) mass is 324 g/mol. The third-order valence-electron chi connectivity index (χ3n) is 4.20. The van der Waals surface area contributed by atoms with Crippen LogP contribution >= 0.6 is 0 Å². The molecule has 3 nitrogen and oxygen atoms in total. The number of rotatable bonds is 4. The van der Waals surface area contributed by atoms with E-state index in [0.717, 1.165) is 24.9 Å². The maximum Gasteiger partial charge on any atom is 0.244 e. The van der Waals surface area contributed by atoms with Gasteiger partial charge in [-0.15, -0.1) is 0 Å². The van der Waals surface area contributed by atoms with Crippen molar-refractivity contribution in [2.45, 2.75) is 25.8 Å². The van der Waals surface area contributed by atoms with Gasteiger partial charge in [-0.1, -0.05) is 24.3 Å². The van der Waals surface area contributed by atoms with Crippen LogP contribution in [0, 0.1) is 5.82 Å². The summed E-state index contributed by atoms with van der Waals surface area (Å²) < 4.78 is 13.1. The van der Waals surface area contributed by atoms with Gasteiger partial charge in [0.05, 0.1) is 6.04 Å². The number of carbonyl (C=O) groups is 1.